The fraction of sp³-hybridized carbons (Fsp3) is 0.478. The number of likely N-dealkylation sites (tertiary alicyclic amines) is 1. The molecule has 2 aromatic heterocycles. The maximum Gasteiger partial charge on any atom is 0.253 e. The van der Waals surface area contributed by atoms with Gasteiger partial charge in [-0.15, -0.1) is 0 Å². The monoisotopic (exact) mass is 392 g/mol. The highest BCUT2D eigenvalue weighted by Gasteiger charge is 2.24. The Morgan fingerprint density at radius 3 is 2.72 bits per heavy atom. The summed E-state index contributed by atoms with van der Waals surface area (Å²) in [6.45, 7) is 3.74. The van der Waals surface area contributed by atoms with Crippen molar-refractivity contribution in [1.29, 1.82) is 0 Å². The largest absolute Gasteiger partial charge is 0.490 e. The van der Waals surface area contributed by atoms with Crippen LogP contribution in [0.5, 0.6) is 5.75 Å². The fourth-order valence-corrected chi connectivity index (χ4v) is 4.26. The second kappa shape index (κ2) is 7.67. The molecule has 3 heterocycles. The van der Waals surface area contributed by atoms with E-state index in [2.05, 4.69) is 44.9 Å². The molecular formula is C23H28N4O2. The van der Waals surface area contributed by atoms with Crippen LogP contribution in [0.2, 0.25) is 0 Å². The normalized spacial score (nSPS) is 18.4. The Bertz CT molecular complexity index is 1060. The fourth-order valence-electron chi connectivity index (χ4n) is 4.26. The van der Waals surface area contributed by atoms with Gasteiger partial charge in [-0.05, 0) is 49.8 Å². The Labute approximate surface area is 170 Å². The summed E-state index contributed by atoms with van der Waals surface area (Å²) in [5.41, 5.74) is 1.28. The maximum absolute atomic E-state index is 11.8. The summed E-state index contributed by atoms with van der Waals surface area (Å²) in [5.74, 6) is 2.68. The molecule has 0 unspecified atom stereocenters. The van der Waals surface area contributed by atoms with Gasteiger partial charge in [-0.2, -0.15) is 0 Å². The van der Waals surface area contributed by atoms with E-state index in [9.17, 15) is 4.79 Å². The Morgan fingerprint density at radius 2 is 1.93 bits per heavy atom. The lowest BCUT2D eigenvalue weighted by Gasteiger charge is -2.32. The van der Waals surface area contributed by atoms with E-state index in [-0.39, 0.29) is 11.7 Å². The molecule has 0 amide bonds. The number of aromatic nitrogens is 3. The Hall–Kier alpha value is -2.60. The number of piperidine rings is 1. The molecular weight excluding hydrogens is 364 g/mol. The first kappa shape index (κ1) is 18.4. The van der Waals surface area contributed by atoms with Gasteiger partial charge < -0.3 is 9.30 Å². The molecule has 6 nitrogen and oxygen atoms in total. The molecule has 5 rings (SSSR count). The average Bonchev–Trinajstić information content (AvgIpc) is 3.45. The molecule has 3 aromatic rings. The predicted octanol–water partition coefficient (Wildman–Crippen LogP) is 3.19. The SMILES string of the molecule is Cn1c(CN2CCC(Oc3cccc4c3ccn4CC3CC3)CC2)nccc1=O. The van der Waals surface area contributed by atoms with Gasteiger partial charge in [-0.3, -0.25) is 14.3 Å². The van der Waals surface area contributed by atoms with Gasteiger partial charge in [-0.25, -0.2) is 4.98 Å². The van der Waals surface area contributed by atoms with Gasteiger partial charge in [0, 0.05) is 50.5 Å². The molecule has 152 valence electrons. The minimum Gasteiger partial charge on any atom is -0.490 e. The average molecular weight is 393 g/mol. The molecule has 0 radical (unpaired) electrons. The molecule has 6 heteroatoms. The summed E-state index contributed by atoms with van der Waals surface area (Å²) in [4.78, 5) is 18.5. The van der Waals surface area contributed by atoms with Crippen molar-refractivity contribution in [3.05, 3.63) is 58.9 Å². The molecule has 1 saturated heterocycles. The predicted molar refractivity (Wildman–Crippen MR) is 113 cm³/mol. The quantitative estimate of drug-likeness (QED) is 0.647. The highest BCUT2D eigenvalue weighted by molar-refractivity contribution is 5.86. The molecule has 0 N–H and O–H groups in total. The van der Waals surface area contributed by atoms with E-state index in [1.807, 2.05) is 0 Å². The Balaban J connectivity index is 1.22. The van der Waals surface area contributed by atoms with Gasteiger partial charge in [0.2, 0.25) is 0 Å². The second-order valence-corrected chi connectivity index (χ2v) is 8.45. The van der Waals surface area contributed by atoms with Crippen molar-refractivity contribution >= 4 is 10.9 Å². The number of benzene rings is 1. The lowest BCUT2D eigenvalue weighted by molar-refractivity contribution is 0.0958. The standard InChI is InChI=1S/C23H28N4O2/c1-25-22(24-11-7-23(25)28)16-26-12-8-18(9-13-26)29-21-4-2-3-20-19(21)10-14-27(20)15-17-5-6-17/h2-4,7,10-11,14,17-18H,5-6,8-9,12-13,15-16H2,1H3. The molecule has 0 bridgehead atoms. The van der Waals surface area contributed by atoms with Gasteiger partial charge in [-0.1, -0.05) is 6.07 Å². The van der Waals surface area contributed by atoms with Crippen molar-refractivity contribution in [2.45, 2.75) is 44.9 Å². The molecule has 2 fully saturated rings. The van der Waals surface area contributed by atoms with Crippen LogP contribution in [-0.2, 0) is 20.1 Å². The van der Waals surface area contributed by atoms with Gasteiger partial charge in [0.15, 0.2) is 0 Å². The highest BCUT2D eigenvalue weighted by atomic mass is 16.5. The lowest BCUT2D eigenvalue weighted by Crippen LogP contribution is -2.39. The summed E-state index contributed by atoms with van der Waals surface area (Å²) >= 11 is 0. The molecule has 1 saturated carbocycles. The van der Waals surface area contributed by atoms with Gasteiger partial charge in [0.1, 0.15) is 17.7 Å². The Morgan fingerprint density at radius 1 is 1.10 bits per heavy atom. The zero-order valence-corrected chi connectivity index (χ0v) is 17.0. The lowest BCUT2D eigenvalue weighted by atomic mass is 10.1. The van der Waals surface area contributed by atoms with Gasteiger partial charge in [0.25, 0.3) is 5.56 Å². The van der Waals surface area contributed by atoms with Crippen LogP contribution in [0.15, 0.2) is 47.5 Å². The minimum absolute atomic E-state index is 0.00469. The van der Waals surface area contributed by atoms with Crippen LogP contribution in [0, 0.1) is 5.92 Å². The van der Waals surface area contributed by atoms with E-state index in [0.717, 1.165) is 50.0 Å². The maximum atomic E-state index is 11.8. The molecule has 2 aliphatic rings. The van der Waals surface area contributed by atoms with E-state index in [4.69, 9.17) is 4.74 Å². The molecule has 1 aliphatic carbocycles. The summed E-state index contributed by atoms with van der Waals surface area (Å²) in [6, 6.07) is 10.1. The third kappa shape index (κ3) is 3.94. The van der Waals surface area contributed by atoms with Crippen molar-refractivity contribution in [3.8, 4) is 5.75 Å². The number of fused-ring (bicyclic) bond motifs is 1. The van der Waals surface area contributed by atoms with E-state index in [1.165, 1.54) is 29.8 Å². The van der Waals surface area contributed by atoms with Crippen molar-refractivity contribution in [2.24, 2.45) is 13.0 Å². The first-order chi connectivity index (χ1) is 14.2. The smallest absolute Gasteiger partial charge is 0.253 e. The highest BCUT2D eigenvalue weighted by Crippen LogP contribution is 2.34. The first-order valence-electron chi connectivity index (χ1n) is 10.6. The van der Waals surface area contributed by atoms with E-state index in [1.54, 1.807) is 17.8 Å². The van der Waals surface area contributed by atoms with Crippen molar-refractivity contribution in [3.63, 3.8) is 0 Å². The summed E-state index contributed by atoms with van der Waals surface area (Å²) < 4.78 is 10.4. The van der Waals surface area contributed by atoms with Crippen molar-refractivity contribution < 1.29 is 4.74 Å². The second-order valence-electron chi connectivity index (χ2n) is 8.45. The van der Waals surface area contributed by atoms with Crippen LogP contribution in [0.25, 0.3) is 10.9 Å². The summed E-state index contributed by atoms with van der Waals surface area (Å²) in [7, 11) is 1.79. The Kier molecular flexibility index (Phi) is 4.87. The third-order valence-corrected chi connectivity index (χ3v) is 6.28. The van der Waals surface area contributed by atoms with Crippen LogP contribution >= 0.6 is 0 Å². The van der Waals surface area contributed by atoms with E-state index in [0.29, 0.717) is 6.54 Å². The van der Waals surface area contributed by atoms with Gasteiger partial charge in [0.05, 0.1) is 12.1 Å². The first-order valence-corrected chi connectivity index (χ1v) is 10.6. The molecule has 1 aromatic carbocycles. The van der Waals surface area contributed by atoms with Gasteiger partial charge >= 0.3 is 0 Å². The summed E-state index contributed by atoms with van der Waals surface area (Å²) in [5, 5.41) is 1.22. The number of hydrogen-bond donors (Lipinski definition) is 0. The number of nitrogens with zero attached hydrogens (tertiary/aromatic N) is 4. The van der Waals surface area contributed by atoms with Crippen molar-refractivity contribution in [2.75, 3.05) is 13.1 Å². The topological polar surface area (TPSA) is 52.3 Å². The van der Waals surface area contributed by atoms with Crippen LogP contribution in [-0.4, -0.2) is 38.2 Å². The number of rotatable bonds is 6. The van der Waals surface area contributed by atoms with E-state index >= 15 is 0 Å². The zero-order chi connectivity index (χ0) is 19.8. The van der Waals surface area contributed by atoms with Crippen LogP contribution < -0.4 is 10.3 Å². The van der Waals surface area contributed by atoms with Crippen LogP contribution in [0.3, 0.4) is 0 Å². The summed E-state index contributed by atoms with van der Waals surface area (Å²) in [6.07, 6.45) is 8.73. The number of ether oxygens (including phenoxy) is 1. The zero-order valence-electron chi connectivity index (χ0n) is 17.0. The molecule has 1 aliphatic heterocycles. The third-order valence-electron chi connectivity index (χ3n) is 6.28. The van der Waals surface area contributed by atoms with Crippen LogP contribution in [0.4, 0.5) is 0 Å². The minimum atomic E-state index is -0.00469. The van der Waals surface area contributed by atoms with E-state index < -0.39 is 0 Å². The molecule has 0 spiro atoms. The molecule has 0 atom stereocenters. The number of hydrogen-bond acceptors (Lipinski definition) is 4. The van der Waals surface area contributed by atoms with Crippen molar-refractivity contribution in [1.82, 2.24) is 19.0 Å². The van der Waals surface area contributed by atoms with Crippen LogP contribution in [0.1, 0.15) is 31.5 Å². The molecule has 29 heavy (non-hydrogen) atoms.